The van der Waals surface area contributed by atoms with Gasteiger partial charge in [0.25, 0.3) is 0 Å². The third kappa shape index (κ3) is 2.10. The lowest BCUT2D eigenvalue weighted by atomic mass is 10.3. The first kappa shape index (κ1) is 9.84. The Hall–Kier alpha value is -2.36. The summed E-state index contributed by atoms with van der Waals surface area (Å²) in [5.41, 5.74) is 2.23. The van der Waals surface area contributed by atoms with E-state index in [2.05, 4.69) is 10.1 Å². The third-order valence-electron chi connectivity index (χ3n) is 2.58. The Bertz CT molecular complexity index is 581. The molecule has 0 unspecified atom stereocenters. The van der Waals surface area contributed by atoms with Gasteiger partial charge in [0.05, 0.1) is 24.8 Å². The highest BCUT2D eigenvalue weighted by atomic mass is 15.3. The summed E-state index contributed by atoms with van der Waals surface area (Å²) in [6, 6.07) is 10.1. The van der Waals surface area contributed by atoms with E-state index in [4.69, 9.17) is 0 Å². The molecule has 3 rings (SSSR count). The molecule has 84 valence electrons. The first-order valence-corrected chi connectivity index (χ1v) is 5.46. The molecule has 4 heteroatoms. The fraction of sp³-hybridized carbons (Fsp3) is 0.0769. The molecule has 4 nitrogen and oxygen atoms in total. The summed E-state index contributed by atoms with van der Waals surface area (Å²) in [4.78, 5) is 4.02. The zero-order valence-electron chi connectivity index (χ0n) is 9.27. The van der Waals surface area contributed by atoms with Gasteiger partial charge in [-0.1, -0.05) is 18.2 Å². The van der Waals surface area contributed by atoms with Crippen LogP contribution in [-0.2, 0) is 6.54 Å². The smallest absolute Gasteiger partial charge is 0.0949 e. The number of hydrogen-bond donors (Lipinski definition) is 0. The molecule has 2 heterocycles. The van der Waals surface area contributed by atoms with Crippen LogP contribution in [0, 0.1) is 0 Å². The third-order valence-corrected chi connectivity index (χ3v) is 2.58. The zero-order valence-corrected chi connectivity index (χ0v) is 9.27. The highest BCUT2D eigenvalue weighted by Gasteiger charge is 2.00. The minimum atomic E-state index is 0.798. The van der Waals surface area contributed by atoms with Crippen LogP contribution in [0.3, 0.4) is 0 Å². The summed E-state index contributed by atoms with van der Waals surface area (Å²) in [6.45, 7) is 0.798. The Kier molecular flexibility index (Phi) is 2.46. The molecule has 0 amide bonds. The molecule has 0 aliphatic heterocycles. The molecule has 0 aliphatic rings. The zero-order chi connectivity index (χ0) is 11.5. The monoisotopic (exact) mass is 224 g/mol. The number of nitrogens with zero attached hydrogens (tertiary/aromatic N) is 4. The molecule has 3 aromatic rings. The second-order valence-electron chi connectivity index (χ2n) is 3.86. The molecule has 0 aliphatic carbocycles. The Morgan fingerprint density at radius 3 is 2.76 bits per heavy atom. The van der Waals surface area contributed by atoms with Crippen molar-refractivity contribution in [1.82, 2.24) is 19.3 Å². The Morgan fingerprint density at radius 1 is 1.12 bits per heavy atom. The highest BCUT2D eigenvalue weighted by molar-refractivity contribution is 5.30. The average molecular weight is 224 g/mol. The lowest BCUT2D eigenvalue weighted by Gasteiger charge is -1.99. The van der Waals surface area contributed by atoms with Gasteiger partial charge in [-0.2, -0.15) is 5.10 Å². The fourth-order valence-corrected chi connectivity index (χ4v) is 1.75. The quantitative estimate of drug-likeness (QED) is 0.683. The first-order valence-electron chi connectivity index (χ1n) is 5.46. The molecule has 1 aromatic carbocycles. The Labute approximate surface area is 99.2 Å². The molecule has 0 spiro atoms. The molecule has 0 saturated heterocycles. The molecule has 0 fully saturated rings. The molecule has 0 atom stereocenters. The van der Waals surface area contributed by atoms with E-state index in [9.17, 15) is 0 Å². The van der Waals surface area contributed by atoms with E-state index >= 15 is 0 Å². The first-order chi connectivity index (χ1) is 8.42. The van der Waals surface area contributed by atoms with Gasteiger partial charge < -0.3 is 4.57 Å². The van der Waals surface area contributed by atoms with E-state index in [0.29, 0.717) is 0 Å². The summed E-state index contributed by atoms with van der Waals surface area (Å²) < 4.78 is 3.90. The normalized spacial score (nSPS) is 10.6. The predicted molar refractivity (Wildman–Crippen MR) is 64.9 cm³/mol. The number of imidazole rings is 1. The summed E-state index contributed by atoms with van der Waals surface area (Å²) in [5.74, 6) is 0. The van der Waals surface area contributed by atoms with Crippen molar-refractivity contribution >= 4 is 0 Å². The van der Waals surface area contributed by atoms with Crippen molar-refractivity contribution in [2.75, 3.05) is 0 Å². The minimum Gasteiger partial charge on any atom is -0.333 e. The molecule has 2 aromatic heterocycles. The van der Waals surface area contributed by atoms with E-state index in [1.807, 2.05) is 58.2 Å². The van der Waals surface area contributed by atoms with E-state index in [-0.39, 0.29) is 0 Å². The Balaban J connectivity index is 1.84. The Morgan fingerprint density at radius 2 is 2.00 bits per heavy atom. The van der Waals surface area contributed by atoms with Crippen LogP contribution in [-0.4, -0.2) is 19.3 Å². The summed E-state index contributed by atoms with van der Waals surface area (Å²) in [6.07, 6.45) is 9.45. The highest BCUT2D eigenvalue weighted by Crippen LogP contribution is 2.08. The summed E-state index contributed by atoms with van der Waals surface area (Å²) in [5, 5.41) is 4.35. The number of benzene rings is 1. The van der Waals surface area contributed by atoms with E-state index in [0.717, 1.165) is 17.8 Å². The predicted octanol–water partition coefficient (Wildman–Crippen LogP) is 2.12. The van der Waals surface area contributed by atoms with Crippen LogP contribution in [0.4, 0.5) is 0 Å². The SMILES string of the molecule is c1ccc(-n2cc(Cn3ccnc3)cn2)cc1. The van der Waals surface area contributed by atoms with Crippen LogP contribution >= 0.6 is 0 Å². The average Bonchev–Trinajstić information content (AvgIpc) is 3.02. The van der Waals surface area contributed by atoms with Crippen LogP contribution in [0.1, 0.15) is 5.56 Å². The molecule has 17 heavy (non-hydrogen) atoms. The van der Waals surface area contributed by atoms with Crippen molar-refractivity contribution in [2.45, 2.75) is 6.54 Å². The molecular weight excluding hydrogens is 212 g/mol. The van der Waals surface area contributed by atoms with Crippen LogP contribution in [0.15, 0.2) is 61.4 Å². The van der Waals surface area contributed by atoms with E-state index in [1.165, 1.54) is 0 Å². The van der Waals surface area contributed by atoms with Crippen molar-refractivity contribution < 1.29 is 0 Å². The minimum absolute atomic E-state index is 0.798. The number of rotatable bonds is 3. The second kappa shape index (κ2) is 4.25. The summed E-state index contributed by atoms with van der Waals surface area (Å²) in [7, 11) is 0. The number of aromatic nitrogens is 4. The topological polar surface area (TPSA) is 35.6 Å². The van der Waals surface area contributed by atoms with Crippen LogP contribution < -0.4 is 0 Å². The van der Waals surface area contributed by atoms with Gasteiger partial charge in [0, 0.05) is 24.2 Å². The van der Waals surface area contributed by atoms with Crippen molar-refractivity contribution in [1.29, 1.82) is 0 Å². The van der Waals surface area contributed by atoms with Gasteiger partial charge in [0.1, 0.15) is 0 Å². The van der Waals surface area contributed by atoms with Crippen molar-refractivity contribution in [3.05, 3.63) is 67.0 Å². The molecule has 0 bridgehead atoms. The maximum atomic E-state index is 4.35. The fourth-order valence-electron chi connectivity index (χ4n) is 1.75. The summed E-state index contributed by atoms with van der Waals surface area (Å²) >= 11 is 0. The standard InChI is InChI=1S/C13H12N4/c1-2-4-13(5-3-1)17-10-12(8-15-17)9-16-7-6-14-11-16/h1-8,10-11H,9H2. The van der Waals surface area contributed by atoms with Crippen LogP contribution in [0.25, 0.3) is 5.69 Å². The maximum absolute atomic E-state index is 4.35. The largest absolute Gasteiger partial charge is 0.333 e. The van der Waals surface area contributed by atoms with Gasteiger partial charge in [-0.3, -0.25) is 0 Å². The van der Waals surface area contributed by atoms with E-state index < -0.39 is 0 Å². The van der Waals surface area contributed by atoms with Gasteiger partial charge >= 0.3 is 0 Å². The van der Waals surface area contributed by atoms with Gasteiger partial charge in [0.2, 0.25) is 0 Å². The van der Waals surface area contributed by atoms with Crippen molar-refractivity contribution in [3.63, 3.8) is 0 Å². The van der Waals surface area contributed by atoms with Gasteiger partial charge in [-0.05, 0) is 12.1 Å². The number of para-hydroxylation sites is 1. The van der Waals surface area contributed by atoms with Gasteiger partial charge in [-0.15, -0.1) is 0 Å². The van der Waals surface area contributed by atoms with Gasteiger partial charge in [0.15, 0.2) is 0 Å². The maximum Gasteiger partial charge on any atom is 0.0949 e. The van der Waals surface area contributed by atoms with Crippen molar-refractivity contribution in [3.8, 4) is 5.69 Å². The van der Waals surface area contributed by atoms with E-state index in [1.54, 1.807) is 12.5 Å². The number of hydrogen-bond acceptors (Lipinski definition) is 2. The lowest BCUT2D eigenvalue weighted by molar-refractivity contribution is 0.796. The van der Waals surface area contributed by atoms with Crippen LogP contribution in [0.2, 0.25) is 0 Å². The van der Waals surface area contributed by atoms with Crippen molar-refractivity contribution in [2.24, 2.45) is 0 Å². The van der Waals surface area contributed by atoms with Gasteiger partial charge in [-0.25, -0.2) is 9.67 Å². The lowest BCUT2D eigenvalue weighted by Crippen LogP contribution is -1.95. The second-order valence-corrected chi connectivity index (χ2v) is 3.86. The molecule has 0 saturated carbocycles. The van der Waals surface area contributed by atoms with Crippen LogP contribution in [0.5, 0.6) is 0 Å². The molecule has 0 N–H and O–H groups in total. The molecular formula is C13H12N4. The molecule has 0 radical (unpaired) electrons.